The third-order valence-corrected chi connectivity index (χ3v) is 3.18. The van der Waals surface area contributed by atoms with Crippen LogP contribution in [0.1, 0.15) is 44.1 Å². The first-order valence-corrected chi connectivity index (χ1v) is 6.75. The van der Waals surface area contributed by atoms with Crippen molar-refractivity contribution in [2.24, 2.45) is 0 Å². The zero-order chi connectivity index (χ0) is 12.6. The number of hydrogen-bond acceptors (Lipinski definition) is 2. The highest BCUT2D eigenvalue weighted by molar-refractivity contribution is 5.38. The Labute approximate surface area is 109 Å². The Hall–Kier alpha value is -1.46. The topological polar surface area (TPSA) is 29.5 Å². The SMILES string of the molecule is OCCC#Cc1ccc(OC2CCCCC2)cc1. The molecule has 2 rings (SSSR count). The summed E-state index contributed by atoms with van der Waals surface area (Å²) in [5, 5.41) is 8.65. The standard InChI is InChI=1S/C16H20O2/c17-13-5-4-6-14-9-11-16(12-10-14)18-15-7-2-1-3-8-15/h9-12,15,17H,1-3,5,7-8,13H2. The molecule has 1 aromatic carbocycles. The first-order chi connectivity index (χ1) is 8.88. The maximum Gasteiger partial charge on any atom is 0.119 e. The molecule has 1 saturated carbocycles. The van der Waals surface area contributed by atoms with Crippen LogP contribution in [0.15, 0.2) is 24.3 Å². The van der Waals surface area contributed by atoms with Crippen LogP contribution < -0.4 is 4.74 Å². The zero-order valence-corrected chi connectivity index (χ0v) is 10.7. The highest BCUT2D eigenvalue weighted by atomic mass is 16.5. The third kappa shape index (κ3) is 4.09. The van der Waals surface area contributed by atoms with Crippen molar-refractivity contribution in [1.29, 1.82) is 0 Å². The average Bonchev–Trinajstić information content (AvgIpc) is 2.42. The van der Waals surface area contributed by atoms with Crippen LogP contribution in [0.5, 0.6) is 5.75 Å². The second kappa shape index (κ2) is 7.08. The molecule has 18 heavy (non-hydrogen) atoms. The molecule has 1 aromatic rings. The van der Waals surface area contributed by atoms with Crippen molar-refractivity contribution in [3.63, 3.8) is 0 Å². The molecule has 0 aliphatic heterocycles. The molecule has 0 aromatic heterocycles. The fourth-order valence-corrected chi connectivity index (χ4v) is 2.21. The van der Waals surface area contributed by atoms with E-state index in [9.17, 15) is 0 Å². The zero-order valence-electron chi connectivity index (χ0n) is 10.7. The lowest BCUT2D eigenvalue weighted by atomic mass is 9.98. The lowest BCUT2D eigenvalue weighted by Gasteiger charge is -2.22. The van der Waals surface area contributed by atoms with Crippen molar-refractivity contribution in [1.82, 2.24) is 0 Å². The van der Waals surface area contributed by atoms with E-state index in [1.54, 1.807) is 0 Å². The van der Waals surface area contributed by atoms with Gasteiger partial charge in [0.15, 0.2) is 0 Å². The van der Waals surface area contributed by atoms with Crippen LogP contribution in [0.2, 0.25) is 0 Å². The molecule has 1 aliphatic rings. The molecule has 2 heteroatoms. The molecular weight excluding hydrogens is 224 g/mol. The van der Waals surface area contributed by atoms with Gasteiger partial charge in [-0.1, -0.05) is 18.3 Å². The molecule has 1 aliphatic carbocycles. The van der Waals surface area contributed by atoms with Gasteiger partial charge in [0.05, 0.1) is 12.7 Å². The largest absolute Gasteiger partial charge is 0.490 e. The van der Waals surface area contributed by atoms with Gasteiger partial charge in [0.2, 0.25) is 0 Å². The van der Waals surface area contributed by atoms with Crippen LogP contribution in [0, 0.1) is 11.8 Å². The second-order valence-corrected chi connectivity index (χ2v) is 4.68. The third-order valence-electron chi connectivity index (χ3n) is 3.18. The molecule has 0 amide bonds. The fourth-order valence-electron chi connectivity index (χ4n) is 2.21. The maximum atomic E-state index is 8.65. The van der Waals surface area contributed by atoms with Crippen molar-refractivity contribution >= 4 is 0 Å². The first kappa shape index (κ1) is 13.0. The molecule has 1 fully saturated rings. The van der Waals surface area contributed by atoms with E-state index in [0.29, 0.717) is 12.5 Å². The molecular formula is C16H20O2. The Balaban J connectivity index is 1.89. The Kier molecular flexibility index (Phi) is 5.11. The van der Waals surface area contributed by atoms with Gasteiger partial charge in [-0.2, -0.15) is 0 Å². The highest BCUT2D eigenvalue weighted by Crippen LogP contribution is 2.23. The van der Waals surface area contributed by atoms with Gasteiger partial charge in [-0.3, -0.25) is 0 Å². The second-order valence-electron chi connectivity index (χ2n) is 4.68. The van der Waals surface area contributed by atoms with E-state index >= 15 is 0 Å². The molecule has 0 unspecified atom stereocenters. The summed E-state index contributed by atoms with van der Waals surface area (Å²) in [7, 11) is 0. The summed E-state index contributed by atoms with van der Waals surface area (Å²) in [6.45, 7) is 0.121. The van der Waals surface area contributed by atoms with Crippen LogP contribution in [0.25, 0.3) is 0 Å². The van der Waals surface area contributed by atoms with Gasteiger partial charge >= 0.3 is 0 Å². The van der Waals surface area contributed by atoms with Crippen molar-refractivity contribution in [3.05, 3.63) is 29.8 Å². The van der Waals surface area contributed by atoms with E-state index in [4.69, 9.17) is 9.84 Å². The minimum atomic E-state index is 0.121. The normalized spacial score (nSPS) is 15.8. The van der Waals surface area contributed by atoms with E-state index < -0.39 is 0 Å². The Morgan fingerprint density at radius 2 is 1.83 bits per heavy atom. The highest BCUT2D eigenvalue weighted by Gasteiger charge is 2.14. The van der Waals surface area contributed by atoms with Crippen LogP contribution in [0.4, 0.5) is 0 Å². The van der Waals surface area contributed by atoms with Crippen molar-refractivity contribution < 1.29 is 9.84 Å². The molecule has 0 atom stereocenters. The molecule has 96 valence electrons. The molecule has 2 nitrogen and oxygen atoms in total. The Morgan fingerprint density at radius 3 is 2.50 bits per heavy atom. The van der Waals surface area contributed by atoms with Gasteiger partial charge < -0.3 is 9.84 Å². The summed E-state index contributed by atoms with van der Waals surface area (Å²) in [6, 6.07) is 7.92. The average molecular weight is 244 g/mol. The molecule has 0 saturated heterocycles. The molecule has 0 radical (unpaired) electrons. The number of rotatable bonds is 3. The summed E-state index contributed by atoms with van der Waals surface area (Å²) in [6.07, 6.45) is 7.20. The predicted molar refractivity (Wildman–Crippen MR) is 72.5 cm³/mol. The number of benzene rings is 1. The minimum absolute atomic E-state index is 0.121. The van der Waals surface area contributed by atoms with E-state index in [2.05, 4.69) is 11.8 Å². The van der Waals surface area contributed by atoms with Crippen LogP contribution in [-0.4, -0.2) is 17.8 Å². The van der Waals surface area contributed by atoms with E-state index in [-0.39, 0.29) is 6.61 Å². The van der Waals surface area contributed by atoms with Crippen LogP contribution >= 0.6 is 0 Å². The van der Waals surface area contributed by atoms with Crippen molar-refractivity contribution in [2.75, 3.05) is 6.61 Å². The number of ether oxygens (including phenoxy) is 1. The van der Waals surface area contributed by atoms with Gasteiger partial charge in [0.1, 0.15) is 5.75 Å². The van der Waals surface area contributed by atoms with Gasteiger partial charge in [0, 0.05) is 12.0 Å². The summed E-state index contributed by atoms with van der Waals surface area (Å²) in [5.41, 5.74) is 0.972. The molecule has 0 heterocycles. The predicted octanol–water partition coefficient (Wildman–Crippen LogP) is 3.13. The lowest BCUT2D eigenvalue weighted by molar-refractivity contribution is 0.155. The van der Waals surface area contributed by atoms with Crippen LogP contribution in [-0.2, 0) is 0 Å². The van der Waals surface area contributed by atoms with E-state index in [0.717, 1.165) is 11.3 Å². The van der Waals surface area contributed by atoms with Gasteiger partial charge in [0.25, 0.3) is 0 Å². The summed E-state index contributed by atoms with van der Waals surface area (Å²) in [5.74, 6) is 6.86. The molecule has 0 bridgehead atoms. The van der Waals surface area contributed by atoms with Gasteiger partial charge in [-0.05, 0) is 49.9 Å². The van der Waals surface area contributed by atoms with Gasteiger partial charge in [-0.15, -0.1) is 0 Å². The summed E-state index contributed by atoms with van der Waals surface area (Å²) >= 11 is 0. The molecule has 1 N–H and O–H groups in total. The molecule has 0 spiro atoms. The van der Waals surface area contributed by atoms with Crippen LogP contribution in [0.3, 0.4) is 0 Å². The Bertz CT molecular complexity index is 405. The fraction of sp³-hybridized carbons (Fsp3) is 0.500. The van der Waals surface area contributed by atoms with Gasteiger partial charge in [-0.25, -0.2) is 0 Å². The number of aliphatic hydroxyl groups excluding tert-OH is 1. The van der Waals surface area contributed by atoms with E-state index in [1.165, 1.54) is 32.1 Å². The first-order valence-electron chi connectivity index (χ1n) is 6.75. The quantitative estimate of drug-likeness (QED) is 0.828. The smallest absolute Gasteiger partial charge is 0.119 e. The van der Waals surface area contributed by atoms with Crippen molar-refractivity contribution in [2.45, 2.75) is 44.6 Å². The van der Waals surface area contributed by atoms with E-state index in [1.807, 2.05) is 24.3 Å². The summed E-state index contributed by atoms with van der Waals surface area (Å²) < 4.78 is 5.95. The minimum Gasteiger partial charge on any atom is -0.490 e. The summed E-state index contributed by atoms with van der Waals surface area (Å²) in [4.78, 5) is 0. The number of hydrogen-bond donors (Lipinski definition) is 1. The lowest BCUT2D eigenvalue weighted by Crippen LogP contribution is -2.19. The maximum absolute atomic E-state index is 8.65. The Morgan fingerprint density at radius 1 is 1.11 bits per heavy atom. The van der Waals surface area contributed by atoms with Crippen molar-refractivity contribution in [3.8, 4) is 17.6 Å². The number of aliphatic hydroxyl groups is 1. The monoisotopic (exact) mass is 244 g/mol.